The lowest BCUT2D eigenvalue weighted by atomic mass is 9.48. The maximum atomic E-state index is 7.57. The number of nitrogens with two attached hydrogens (primary N) is 1. The first-order chi connectivity index (χ1) is 35.8. The number of hydrogen-bond acceptors (Lipinski definition) is 3. The van der Waals surface area contributed by atoms with Crippen LogP contribution in [0.15, 0.2) is 145 Å². The van der Waals surface area contributed by atoms with Crippen LogP contribution in [0.3, 0.4) is 0 Å². The monoisotopic (exact) mass is 939 g/mol. The number of aromatic nitrogens is 1. The molecule has 13 rings (SSSR count). The van der Waals surface area contributed by atoms with E-state index in [-0.39, 0.29) is 60.0 Å². The summed E-state index contributed by atoms with van der Waals surface area (Å²) in [5.74, 6) is 1.25. The van der Waals surface area contributed by atoms with Crippen molar-refractivity contribution in [3.8, 4) is 11.5 Å². The minimum Gasteiger partial charge on any atom is -0.457 e. The van der Waals surface area contributed by atoms with Crippen molar-refractivity contribution in [1.29, 1.82) is 0 Å². The quantitative estimate of drug-likeness (QED) is 0.277. The largest absolute Gasteiger partial charge is 0.457 e. The fraction of sp³-hybridized carbons (Fsp3) is 0.148. The summed E-state index contributed by atoms with van der Waals surface area (Å²) in [5, 5.41) is 2.03. The molecule has 5 aliphatic rings. The molecular weight excluding hydrogens is 899 g/mol. The Morgan fingerprint density at radius 1 is 0.573 bits per heavy atom. The van der Waals surface area contributed by atoms with E-state index in [9.17, 15) is 0 Å². The van der Waals surface area contributed by atoms with Gasteiger partial charge in [-0.15, -0.1) is 43.7 Å². The fourth-order valence-corrected chi connectivity index (χ4v) is 13.6. The highest BCUT2D eigenvalue weighted by Gasteiger charge is 2.67. The predicted molar refractivity (Wildman–Crippen MR) is 323 cm³/mol. The number of allylic oxidation sites excluding steroid dienone is 8. The van der Waals surface area contributed by atoms with Crippen LogP contribution in [0.1, 0.15) is 72.6 Å². The molecule has 0 saturated carbocycles. The molecule has 2 N–H and O–H groups in total. The second-order valence-electron chi connectivity index (χ2n) is 21.7. The summed E-state index contributed by atoms with van der Waals surface area (Å²) in [6.45, 7) is 8.79. The zero-order valence-corrected chi connectivity index (χ0v) is 42.1. The number of ether oxygens (including phenoxy) is 1. The molecule has 1 aromatic heterocycles. The summed E-state index contributed by atoms with van der Waals surface area (Å²) in [7, 11) is 69.9. The number of benzene rings is 7. The van der Waals surface area contributed by atoms with Crippen LogP contribution in [0, 0.1) is 0 Å². The second-order valence-corrected chi connectivity index (χ2v) is 21.7. The van der Waals surface area contributed by atoms with Crippen molar-refractivity contribution in [2.75, 3.05) is 4.90 Å². The predicted octanol–water partition coefficient (Wildman–Crippen LogP) is 2.43. The van der Waals surface area contributed by atoms with Crippen molar-refractivity contribution in [2.24, 2.45) is 5.73 Å². The summed E-state index contributed by atoms with van der Waals surface area (Å²) in [5.41, 5.74) is 18.1. The number of fused-ring (bicyclic) bond motifs is 7. The van der Waals surface area contributed by atoms with E-state index in [0.29, 0.717) is 34.0 Å². The van der Waals surface area contributed by atoms with Gasteiger partial charge in [0.2, 0.25) is 0 Å². The average Bonchev–Trinajstić information content (AvgIpc) is 4.20. The van der Waals surface area contributed by atoms with Crippen molar-refractivity contribution in [3.63, 3.8) is 0 Å². The molecule has 4 atom stereocenters. The Hall–Kier alpha value is -6.91. The maximum absolute atomic E-state index is 7.57. The molecule has 20 radical (unpaired) electrons. The Balaban J connectivity index is 1.23. The van der Waals surface area contributed by atoms with Crippen LogP contribution < -0.4 is 70.0 Å². The third-order valence-corrected chi connectivity index (χ3v) is 17.0. The van der Waals surface area contributed by atoms with Crippen molar-refractivity contribution in [2.45, 2.75) is 55.9 Å². The third-order valence-electron chi connectivity index (χ3n) is 17.0. The van der Waals surface area contributed by atoms with Crippen molar-refractivity contribution < 1.29 is 4.74 Å². The number of anilines is 2. The smallest absolute Gasteiger partial charge is 0.134 e. The first-order valence-electron chi connectivity index (χ1n) is 25.0. The van der Waals surface area contributed by atoms with Crippen LogP contribution in [0.2, 0.25) is 0 Å². The summed E-state index contributed by atoms with van der Waals surface area (Å²) in [6.07, 6.45) is 12.8. The number of nitrogens with zero attached hydrogens (tertiary/aromatic N) is 2. The molecule has 4 nitrogen and oxygen atoms in total. The highest BCUT2D eigenvalue weighted by atomic mass is 16.5. The van der Waals surface area contributed by atoms with E-state index in [0.717, 1.165) is 66.6 Å². The molecule has 7 aromatic carbocycles. The van der Waals surface area contributed by atoms with Gasteiger partial charge in [0.05, 0.1) is 22.5 Å². The van der Waals surface area contributed by atoms with Crippen LogP contribution in [-0.4, -0.2) is 89.1 Å². The molecule has 0 bridgehead atoms. The lowest BCUT2D eigenvalue weighted by Gasteiger charge is -2.50. The fourth-order valence-electron chi connectivity index (χ4n) is 13.6. The van der Waals surface area contributed by atoms with Crippen LogP contribution in [0.25, 0.3) is 38.8 Å². The first kappa shape index (κ1) is 47.8. The van der Waals surface area contributed by atoms with E-state index in [4.69, 9.17) is 88.9 Å². The van der Waals surface area contributed by atoms with Gasteiger partial charge in [0.1, 0.15) is 95.8 Å². The molecule has 4 unspecified atom stereocenters. The Bertz CT molecular complexity index is 4030. The molecule has 1 aliphatic carbocycles. The molecule has 0 amide bonds. The lowest BCUT2D eigenvalue weighted by molar-refractivity contribution is 0.361. The van der Waals surface area contributed by atoms with Gasteiger partial charge < -0.3 is 15.4 Å². The van der Waals surface area contributed by atoms with E-state index in [2.05, 4.69) is 146 Å². The zero-order valence-electron chi connectivity index (χ0n) is 42.1. The summed E-state index contributed by atoms with van der Waals surface area (Å²) >= 11 is 0. The van der Waals surface area contributed by atoms with E-state index in [1.54, 1.807) is 0 Å². The standard InChI is InChI=1S/C61H39B10N3O/c1-28-27-41(72)74-36-14-7-5-11-32(36)33-22-23-40-45(57(33)74)61(26-24-31(28)29-18-20-30(21-19-29)59(2,3)4)44-38(16-9-17-39(44)75-40)73-37-15-8-6-12-34(37)43(58(61)73)60(46-49(64)53(68)56(71)54(69)50(46)65)25-10-13-35(60)42-47(62)51(66)55(70)52(67)48(42)63/h5-27,43,58H,72H2,1-4H3/b26-24+,31-28+,41-27+. The third kappa shape index (κ3) is 6.14. The van der Waals surface area contributed by atoms with Gasteiger partial charge in [0, 0.05) is 44.6 Å². The lowest BCUT2D eigenvalue weighted by Crippen LogP contribution is -2.62. The van der Waals surface area contributed by atoms with Gasteiger partial charge in [-0.25, -0.2) is 0 Å². The Kier molecular flexibility index (Phi) is 10.4. The SMILES string of the molecule is [B]c1c([B])c([B])c(C2=CC=CC2(c2c([B])c([B])c([B])c([B])c2[B])C2c3ccccc3N3c4cccc5c4C4(/C=C/C(c6ccc(C(C)(C)C)cc6)=C(C)\C=C(/N)n6c7ccccc7c7ccc(c4c76)O5)C23)c([B])c1[B]. The number of hydrogen-bond donors (Lipinski definition) is 1. The van der Waals surface area contributed by atoms with Gasteiger partial charge in [0.15, 0.2) is 0 Å². The minimum atomic E-state index is -1.42. The van der Waals surface area contributed by atoms with Crippen molar-refractivity contribution in [3.05, 3.63) is 184 Å². The van der Waals surface area contributed by atoms with E-state index < -0.39 is 22.8 Å². The van der Waals surface area contributed by atoms with Crippen LogP contribution in [0.5, 0.6) is 11.5 Å². The summed E-state index contributed by atoms with van der Waals surface area (Å²) < 4.78 is 9.44. The normalized spacial score (nSPS) is 23.1. The average molecular weight is 938 g/mol. The number of rotatable bonds is 4. The van der Waals surface area contributed by atoms with Crippen molar-refractivity contribution in [1.82, 2.24) is 4.57 Å². The van der Waals surface area contributed by atoms with Gasteiger partial charge in [-0.2, -0.15) is 0 Å². The molecule has 4 aliphatic heterocycles. The molecule has 334 valence electrons. The molecule has 14 heteroatoms. The highest BCUT2D eigenvalue weighted by molar-refractivity contribution is 6.69. The van der Waals surface area contributed by atoms with E-state index in [1.807, 2.05) is 30.4 Å². The molecule has 5 heterocycles. The van der Waals surface area contributed by atoms with Crippen LogP contribution in [0.4, 0.5) is 11.4 Å². The van der Waals surface area contributed by atoms with Gasteiger partial charge >= 0.3 is 0 Å². The van der Waals surface area contributed by atoms with Crippen LogP contribution in [-0.2, 0) is 16.2 Å². The van der Waals surface area contributed by atoms with E-state index >= 15 is 0 Å². The molecule has 75 heavy (non-hydrogen) atoms. The molecule has 0 fully saturated rings. The van der Waals surface area contributed by atoms with Gasteiger partial charge in [0.25, 0.3) is 0 Å². The minimum absolute atomic E-state index is 0.0654. The maximum Gasteiger partial charge on any atom is 0.134 e. The molecule has 8 aromatic rings. The Morgan fingerprint density at radius 2 is 1.19 bits per heavy atom. The second kappa shape index (κ2) is 16.3. The highest BCUT2D eigenvalue weighted by Crippen LogP contribution is 2.71. The molecule has 0 saturated heterocycles. The topological polar surface area (TPSA) is 43.4 Å². The van der Waals surface area contributed by atoms with Gasteiger partial charge in [-0.1, -0.05) is 129 Å². The van der Waals surface area contributed by atoms with E-state index in [1.165, 1.54) is 5.56 Å². The Morgan fingerprint density at radius 3 is 1.88 bits per heavy atom. The molecular formula is C61H39B10N3O. The summed E-state index contributed by atoms with van der Waals surface area (Å²) in [6, 6.07) is 35.5. The van der Waals surface area contributed by atoms with Gasteiger partial charge in [-0.3, -0.25) is 4.57 Å². The van der Waals surface area contributed by atoms with Gasteiger partial charge in [-0.05, 0) is 99.3 Å². The number of para-hydroxylation sites is 2. The summed E-state index contributed by atoms with van der Waals surface area (Å²) in [4.78, 5) is 2.45. The van der Waals surface area contributed by atoms with Crippen molar-refractivity contribution >= 4 is 183 Å². The molecule has 1 spiro atoms. The zero-order chi connectivity index (χ0) is 52.5. The Labute approximate surface area is 452 Å². The first-order valence-corrected chi connectivity index (χ1v) is 25.0. The van der Waals surface area contributed by atoms with Crippen LogP contribution >= 0.6 is 0 Å².